The van der Waals surface area contributed by atoms with Gasteiger partial charge in [0.2, 0.25) is 0 Å². The number of carboxylic acids is 6. The number of hydrogen-bond donors (Lipinski definition) is 17. The number of ether oxygens (including phenoxy) is 17. The molecule has 61 heteroatoms. The number of aliphatic hydroxyl groups excluding tert-OH is 16. The Morgan fingerprint density at radius 2 is 0.377 bits per heavy atom. The van der Waals surface area contributed by atoms with E-state index >= 15 is 0 Å². The molecule has 0 saturated carbocycles. The van der Waals surface area contributed by atoms with Crippen LogP contribution in [0.25, 0.3) is 0 Å². The van der Waals surface area contributed by atoms with Crippen molar-refractivity contribution in [2.75, 3.05) is 92.9 Å². The first-order valence-corrected chi connectivity index (χ1v) is 47.4. The van der Waals surface area contributed by atoms with E-state index in [0.29, 0.717) is 0 Å². The average Bonchev–Trinajstić information content (AvgIpc) is 0.766. The van der Waals surface area contributed by atoms with Gasteiger partial charge in [0, 0.05) is 87.6 Å². The molecule has 708 valence electrons. The van der Waals surface area contributed by atoms with E-state index < -0.39 is 349 Å². The fraction of sp³-hybridized carbons (Fsp3) is 0.899. The summed E-state index contributed by atoms with van der Waals surface area (Å²) < 4.78 is 104. The summed E-state index contributed by atoms with van der Waals surface area (Å²) in [6, 6.07) is 0. The van der Waals surface area contributed by atoms with Gasteiger partial charge in [-0.1, -0.05) is 6.47 Å². The molecule has 30 aliphatic heterocycles. The summed E-state index contributed by atoms with van der Waals surface area (Å²) in [5, 5.41) is 263. The van der Waals surface area contributed by atoms with E-state index in [1.54, 1.807) is 0 Å². The molecule has 130 heavy (non-hydrogen) atoms. The zero-order valence-electron chi connectivity index (χ0n) is 71.9. The van der Waals surface area contributed by atoms with Crippen molar-refractivity contribution in [3.63, 3.8) is 0 Å². The molecule has 30 fully saturated rings. The predicted octanol–water partition coefficient (Wildman–Crippen LogP) is -37.3. The van der Waals surface area contributed by atoms with Crippen LogP contribution in [0.5, 0.6) is 0 Å². The molecule has 0 aromatic heterocycles. The first-order valence-electron chi connectivity index (χ1n) is 38.7. The van der Waals surface area contributed by atoms with Crippen LogP contribution in [0.1, 0.15) is 38.5 Å². The van der Waals surface area contributed by atoms with Crippen molar-refractivity contribution in [3.05, 3.63) is 0 Å². The zero-order chi connectivity index (χ0) is 89.8. The number of carboxylic acid groups (broad SMARTS) is 6. The van der Waals surface area contributed by atoms with Gasteiger partial charge < -0.3 is 226 Å². The van der Waals surface area contributed by atoms with Crippen LogP contribution in [0.15, 0.2) is 0 Å². The predicted molar refractivity (Wildman–Crippen MR) is 409 cm³/mol. The molecule has 40 atom stereocenters. The van der Waals surface area contributed by atoms with E-state index in [9.17, 15) is 146 Å². The Morgan fingerprint density at radius 3 is 0.515 bits per heavy atom. The quantitative estimate of drug-likeness (QED) is 0.0119. The second-order valence-electron chi connectivity index (χ2n) is 29.4. The number of carbonyl (C=O) groups is 6. The largest absolute Gasteiger partial charge is 1.00 e. The maximum Gasteiger partial charge on any atom is 1.00 e. The maximum atomic E-state index is 12.2. The van der Waals surface area contributed by atoms with E-state index in [1.165, 1.54) is 6.47 Å². The molecule has 0 aromatic carbocycles. The summed E-state index contributed by atoms with van der Waals surface area (Å²) >= 11 is 10.4. The first-order chi connectivity index (χ1) is 58.5. The van der Waals surface area contributed by atoms with Gasteiger partial charge >= 0.3 is 207 Å². The van der Waals surface area contributed by atoms with Gasteiger partial charge in [-0.2, -0.15) is 95.0 Å². The standard InChI is InChI=1S/C69H107O46S8.7Na/c70-23-99-7-14-123-22-31-61-45(90)53(98)69(107-31)114-56-26(17-118-9-2-33(73)74)101-63(47(92)39(56)84)108-54-24(15-116)100-62(46(91)38(54)83)109-55-25(16-117-8-1-32(71)72)102-64(48(93)40(55)85)110-57-27(18-119-10-3-34(75)76)103-65(49(94)41(57)86)111-58-28(19-120-11-4-35(77)78)104-66(50(95)42(58)87)112-59-29(20-121-12-5-36(79)80)105-67(51(96)43(59)88)113-60-30(21-122-13-6-37(81)82)106-68(115-61)52(97)44(60)89;;;;;;;/h24-31,38-69,83-98,116H,1-22H2,(H,71,72)(H,73,74)(H,75,76)(H,77,78)(H,79,80)(H,81,82);;;;;;;/q-1;7*+1/p-6/t24-,25-,26-,27-,28-,29-,30-,31-,38-,39-,40-,41-,42-,43-,44-,45-,46-,47-,48-,49-,50-,51?,52-,53-,54-,55-,56-,57-,58-,59-,60-,61-,62-,63-,64-,65-,66-,67-,68-,69-;;;;;;;/m1......./s1. The molecule has 0 amide bonds. The summed E-state index contributed by atoms with van der Waals surface area (Å²) in [6.45, 7) is 0.991. The second-order valence-corrected chi connectivity index (χ2v) is 37.8. The number of hydrogen-bond acceptors (Lipinski definition) is 54. The van der Waals surface area contributed by atoms with Crippen molar-refractivity contribution >= 4 is 137 Å². The van der Waals surface area contributed by atoms with Crippen LogP contribution in [-0.2, 0) is 114 Å². The summed E-state index contributed by atoms with van der Waals surface area (Å²) in [6.07, 6.45) is -84.8. The molecule has 30 heterocycles. The molecule has 30 rings (SSSR count). The normalized spacial score (nSPS) is 40.4. The van der Waals surface area contributed by atoms with E-state index in [0.717, 1.165) is 82.3 Å². The van der Waals surface area contributed by atoms with Gasteiger partial charge in [-0.3, -0.25) is 0 Å². The van der Waals surface area contributed by atoms with Gasteiger partial charge in [0.05, 0.1) is 55.4 Å². The Kier molecular flexibility index (Phi) is 65.9. The van der Waals surface area contributed by atoms with Crippen molar-refractivity contribution < 1.29 is 433 Å². The molecule has 0 radical (unpaired) electrons. The molecule has 46 nitrogen and oxygen atoms in total. The van der Waals surface area contributed by atoms with Gasteiger partial charge in [-0.25, -0.2) is 0 Å². The minimum Gasteiger partial charge on any atom is -0.652 e. The third-order valence-electron chi connectivity index (χ3n) is 20.7. The number of carbonyl (C=O) groups excluding carboxylic acids is 7. The Morgan fingerprint density at radius 1 is 0.238 bits per heavy atom. The maximum absolute atomic E-state index is 12.2. The SMILES string of the molecule is O=[C-]OCCSC[C@H]1O[C@@H]2O[C@H]3[C@H](O)[C@@H](O)[C@@H](O[C@H]4[C@H](O)[C@@H](O)[C@@H](O[C@H]5[C@H](O)[C@@H](O)[C@@H](O[C@H]6[C@H](O)[C@@H](O)[C@@H](O[C@H]7[C@H](O)[C@@H](O)[C@@H](O[C@H]8[C@H](O)C(O)[C@@H](O[C@H]9[C@H](O)[C@@H](O)[C@@H](O[C@H]1[C@H](O)[C@H]2O)O[C@@H]9CSCCC(=O)[O-])O[C@@H]8CSCCC(=O)[O-])O[C@@H]7CSCCC(=O)[O-])O[C@@H]6CSCCC(=O)[O-])O[C@@H]5CSCCC(=O)[O-])O[C@@H]4CS)O[C@@H]3CSCCC(=O)[O-].[Na+].[Na+].[Na+].[Na+].[Na+].[Na+].[Na+]. The Bertz CT molecular complexity index is 3310. The van der Waals surface area contributed by atoms with Crippen molar-refractivity contribution in [2.45, 2.75) is 284 Å². The third-order valence-corrected chi connectivity index (χ3v) is 28.4. The first kappa shape index (κ1) is 131. The van der Waals surface area contributed by atoms with Crippen molar-refractivity contribution in [3.8, 4) is 0 Å². The van der Waals surface area contributed by atoms with Crippen molar-refractivity contribution in [2.24, 2.45) is 0 Å². The summed E-state index contributed by atoms with van der Waals surface area (Å²) in [4.78, 5) is 80.8. The average molecular weight is 2080 g/mol. The zero-order valence-corrected chi connectivity index (χ0v) is 92.5. The van der Waals surface area contributed by atoms with Crippen LogP contribution >= 0.6 is 95.0 Å². The molecule has 0 aliphatic carbocycles. The molecule has 0 spiro atoms. The molecular formula is C69H101Na7O46S8. The van der Waals surface area contributed by atoms with Crippen LogP contribution in [0, 0.1) is 0 Å². The number of rotatable bonds is 37. The molecule has 0 aromatic rings. The fourth-order valence-corrected chi connectivity index (χ4v) is 21.3. The van der Waals surface area contributed by atoms with Crippen LogP contribution in [0.2, 0.25) is 0 Å². The molecule has 16 bridgehead atoms. The van der Waals surface area contributed by atoms with Crippen molar-refractivity contribution in [1.82, 2.24) is 0 Å². The minimum atomic E-state index is -2.34. The molecule has 16 N–H and O–H groups in total. The molecule has 30 aliphatic rings. The second kappa shape index (κ2) is 65.5. The van der Waals surface area contributed by atoms with Gasteiger partial charge in [0.1, 0.15) is 146 Å². The Hall–Kier alpha value is 4.81. The van der Waals surface area contributed by atoms with Gasteiger partial charge in [-0.05, 0) is 73.0 Å². The smallest absolute Gasteiger partial charge is 0.652 e. The van der Waals surface area contributed by atoms with Gasteiger partial charge in [0.25, 0.3) is 0 Å². The van der Waals surface area contributed by atoms with Crippen LogP contribution in [-0.4, -0.2) is 463 Å². The fourth-order valence-electron chi connectivity index (χ4n) is 14.3. The monoisotopic (exact) mass is 2080 g/mol. The van der Waals surface area contributed by atoms with Crippen LogP contribution in [0.4, 0.5) is 0 Å². The Labute approximate surface area is 935 Å². The number of aliphatic carboxylic acids is 6. The van der Waals surface area contributed by atoms with E-state index in [2.05, 4.69) is 12.6 Å². The molecule has 30 saturated heterocycles. The summed E-state index contributed by atoms with van der Waals surface area (Å²) in [5.41, 5.74) is 0. The topological polar surface area (TPSA) is 738 Å². The number of thioether (sulfide) groups is 7. The third kappa shape index (κ3) is 37.6. The van der Waals surface area contributed by atoms with E-state index in [1.807, 2.05) is 0 Å². The molecular weight excluding hydrogens is 1980 g/mol. The summed E-state index contributed by atoms with van der Waals surface area (Å²) in [5.74, 6) is -13.4. The van der Waals surface area contributed by atoms with Crippen LogP contribution < -0.4 is 238 Å². The molecule has 1 unspecified atom stereocenters. The minimum absolute atomic E-state index is 0. The number of aliphatic hydroxyl groups is 16. The van der Waals surface area contributed by atoms with Gasteiger partial charge in [0.15, 0.2) is 50.3 Å². The van der Waals surface area contributed by atoms with Gasteiger partial charge in [-0.15, -0.1) is 0 Å². The number of thiol groups is 1. The van der Waals surface area contributed by atoms with Crippen molar-refractivity contribution in [1.29, 1.82) is 0 Å². The van der Waals surface area contributed by atoms with E-state index in [-0.39, 0.29) is 271 Å². The van der Waals surface area contributed by atoms with Crippen LogP contribution in [0.3, 0.4) is 0 Å². The van der Waals surface area contributed by atoms with E-state index in [4.69, 9.17) is 80.5 Å². The Balaban J connectivity index is 0.00000817. The summed E-state index contributed by atoms with van der Waals surface area (Å²) in [7, 11) is 0.